The van der Waals surface area contributed by atoms with Gasteiger partial charge in [-0.05, 0) is 31.2 Å². The van der Waals surface area contributed by atoms with E-state index in [0.717, 1.165) is 58.4 Å². The first-order chi connectivity index (χ1) is 12.2. The second-order valence-electron chi connectivity index (χ2n) is 7.80. The predicted octanol–water partition coefficient (Wildman–Crippen LogP) is 1.39. The first-order valence-corrected chi connectivity index (χ1v) is 9.50. The van der Waals surface area contributed by atoms with Gasteiger partial charge in [0.25, 0.3) is 0 Å². The van der Waals surface area contributed by atoms with E-state index in [0.29, 0.717) is 18.4 Å². The van der Waals surface area contributed by atoms with Crippen LogP contribution < -0.4 is 5.32 Å². The number of rotatable bonds is 6. The van der Waals surface area contributed by atoms with Gasteiger partial charge in [-0.2, -0.15) is 0 Å². The average molecular weight is 341 g/mol. The van der Waals surface area contributed by atoms with Gasteiger partial charge in [-0.25, -0.2) is 0 Å². The molecule has 2 aliphatic carbocycles. The normalized spacial score (nSPS) is 22.5. The lowest BCUT2D eigenvalue weighted by atomic mass is 9.96. The van der Waals surface area contributed by atoms with Crippen molar-refractivity contribution in [1.29, 1.82) is 0 Å². The Kier molecular flexibility index (Phi) is 4.50. The molecule has 0 bridgehead atoms. The smallest absolute Gasteiger partial charge is 0.234 e. The molecule has 25 heavy (non-hydrogen) atoms. The predicted molar refractivity (Wildman–Crippen MR) is 96.1 cm³/mol. The van der Waals surface area contributed by atoms with Crippen molar-refractivity contribution >= 4 is 11.8 Å². The average Bonchev–Trinajstić information content (AvgIpc) is 3.56. The number of piperazine rings is 1. The molecule has 3 fully saturated rings. The van der Waals surface area contributed by atoms with E-state index in [1.54, 1.807) is 0 Å². The van der Waals surface area contributed by atoms with E-state index >= 15 is 0 Å². The highest BCUT2D eigenvalue weighted by molar-refractivity contribution is 5.81. The molecule has 0 radical (unpaired) electrons. The van der Waals surface area contributed by atoms with Crippen molar-refractivity contribution in [2.24, 2.45) is 5.92 Å². The Morgan fingerprint density at radius 3 is 2.32 bits per heavy atom. The van der Waals surface area contributed by atoms with Crippen molar-refractivity contribution in [3.63, 3.8) is 0 Å². The van der Waals surface area contributed by atoms with Crippen molar-refractivity contribution < 1.29 is 9.59 Å². The lowest BCUT2D eigenvalue weighted by Crippen LogP contribution is -2.51. The summed E-state index contributed by atoms with van der Waals surface area (Å²) >= 11 is 0. The molecular weight excluding hydrogens is 314 g/mol. The van der Waals surface area contributed by atoms with Crippen molar-refractivity contribution in [2.75, 3.05) is 39.3 Å². The molecule has 5 nitrogen and oxygen atoms in total. The fraction of sp³-hybridized carbons (Fsp3) is 0.600. The van der Waals surface area contributed by atoms with Crippen LogP contribution >= 0.6 is 0 Å². The number of carbonyl (C=O) groups is 2. The standard InChI is InChI=1S/C20H27N3O2/c24-18(21-15-20(8-9-20)17-4-2-1-3-5-17)14-22-10-12-23(13-11-22)19(25)16-6-7-16/h1-5,16H,6-15H2,(H,21,24). The summed E-state index contributed by atoms with van der Waals surface area (Å²) in [7, 11) is 0. The molecule has 1 aromatic carbocycles. The molecule has 134 valence electrons. The van der Waals surface area contributed by atoms with E-state index in [1.165, 1.54) is 5.56 Å². The monoisotopic (exact) mass is 341 g/mol. The van der Waals surface area contributed by atoms with Crippen LogP contribution in [0.15, 0.2) is 30.3 Å². The van der Waals surface area contributed by atoms with E-state index in [9.17, 15) is 9.59 Å². The van der Waals surface area contributed by atoms with Crippen LogP contribution in [0.25, 0.3) is 0 Å². The first-order valence-electron chi connectivity index (χ1n) is 9.50. The molecule has 5 heteroatoms. The van der Waals surface area contributed by atoms with Gasteiger partial charge in [0.15, 0.2) is 0 Å². The quantitative estimate of drug-likeness (QED) is 0.851. The number of amides is 2. The zero-order chi connectivity index (χ0) is 17.3. The third-order valence-corrected chi connectivity index (χ3v) is 5.84. The fourth-order valence-corrected chi connectivity index (χ4v) is 3.75. The summed E-state index contributed by atoms with van der Waals surface area (Å²) in [6.07, 6.45) is 4.42. The van der Waals surface area contributed by atoms with Crippen LogP contribution in [-0.4, -0.2) is 60.9 Å². The molecule has 1 aromatic rings. The minimum absolute atomic E-state index is 0.101. The maximum atomic E-state index is 12.3. The molecule has 0 aromatic heterocycles. The summed E-state index contributed by atoms with van der Waals surface area (Å²) < 4.78 is 0. The Balaban J connectivity index is 1.20. The summed E-state index contributed by atoms with van der Waals surface area (Å²) in [5, 5.41) is 3.13. The number of nitrogens with one attached hydrogen (secondary N) is 1. The van der Waals surface area contributed by atoms with Crippen LogP contribution in [0.2, 0.25) is 0 Å². The molecule has 3 aliphatic rings. The SMILES string of the molecule is O=C(CN1CCN(C(=O)C2CC2)CC1)NCC1(c2ccccc2)CC1. The maximum absolute atomic E-state index is 12.3. The van der Waals surface area contributed by atoms with Crippen LogP contribution in [0, 0.1) is 5.92 Å². The van der Waals surface area contributed by atoms with Gasteiger partial charge < -0.3 is 10.2 Å². The lowest BCUT2D eigenvalue weighted by molar-refractivity contribution is -0.134. The summed E-state index contributed by atoms with van der Waals surface area (Å²) in [6.45, 7) is 4.30. The minimum atomic E-state index is 0.101. The van der Waals surface area contributed by atoms with Crippen molar-refractivity contribution in [1.82, 2.24) is 15.1 Å². The molecule has 2 amide bonds. The Morgan fingerprint density at radius 1 is 1.04 bits per heavy atom. The lowest BCUT2D eigenvalue weighted by Gasteiger charge is -2.34. The molecule has 0 unspecified atom stereocenters. The van der Waals surface area contributed by atoms with Gasteiger partial charge in [-0.15, -0.1) is 0 Å². The summed E-state index contributed by atoms with van der Waals surface area (Å²) in [5.41, 5.74) is 1.49. The van der Waals surface area contributed by atoms with Crippen LogP contribution in [0.4, 0.5) is 0 Å². The van der Waals surface area contributed by atoms with Crippen LogP contribution in [0.3, 0.4) is 0 Å². The topological polar surface area (TPSA) is 52.7 Å². The number of carbonyl (C=O) groups excluding carboxylic acids is 2. The third-order valence-electron chi connectivity index (χ3n) is 5.84. The highest BCUT2D eigenvalue weighted by Gasteiger charge is 2.44. The fourth-order valence-electron chi connectivity index (χ4n) is 3.75. The molecule has 0 spiro atoms. The van der Waals surface area contributed by atoms with Gasteiger partial charge in [-0.1, -0.05) is 30.3 Å². The Bertz CT molecular complexity index is 630. The van der Waals surface area contributed by atoms with E-state index in [2.05, 4.69) is 34.5 Å². The summed E-state index contributed by atoms with van der Waals surface area (Å²) in [5.74, 6) is 0.717. The van der Waals surface area contributed by atoms with E-state index < -0.39 is 0 Å². The van der Waals surface area contributed by atoms with Gasteiger partial charge >= 0.3 is 0 Å². The van der Waals surface area contributed by atoms with Gasteiger partial charge in [-0.3, -0.25) is 14.5 Å². The highest BCUT2D eigenvalue weighted by Crippen LogP contribution is 2.47. The Hall–Kier alpha value is -1.88. The molecule has 4 rings (SSSR count). The van der Waals surface area contributed by atoms with Crippen molar-refractivity contribution in [3.8, 4) is 0 Å². The largest absolute Gasteiger partial charge is 0.354 e. The van der Waals surface area contributed by atoms with Crippen LogP contribution in [0.1, 0.15) is 31.2 Å². The van der Waals surface area contributed by atoms with Crippen molar-refractivity contribution in [2.45, 2.75) is 31.1 Å². The number of benzene rings is 1. The molecule has 1 N–H and O–H groups in total. The molecule has 2 saturated carbocycles. The van der Waals surface area contributed by atoms with E-state index in [-0.39, 0.29) is 11.3 Å². The van der Waals surface area contributed by atoms with Crippen LogP contribution in [0.5, 0.6) is 0 Å². The van der Waals surface area contributed by atoms with E-state index in [4.69, 9.17) is 0 Å². The first kappa shape index (κ1) is 16.6. The zero-order valence-electron chi connectivity index (χ0n) is 14.7. The number of hydrogen-bond donors (Lipinski definition) is 1. The third kappa shape index (κ3) is 3.87. The molecule has 1 heterocycles. The van der Waals surface area contributed by atoms with Gasteiger partial charge in [0.1, 0.15) is 0 Å². The molecule has 0 atom stereocenters. The number of nitrogens with zero attached hydrogens (tertiary/aromatic N) is 2. The maximum Gasteiger partial charge on any atom is 0.234 e. The summed E-state index contributed by atoms with van der Waals surface area (Å²) in [6, 6.07) is 10.5. The van der Waals surface area contributed by atoms with Crippen LogP contribution in [-0.2, 0) is 15.0 Å². The zero-order valence-corrected chi connectivity index (χ0v) is 14.7. The van der Waals surface area contributed by atoms with Gasteiger partial charge in [0.05, 0.1) is 6.54 Å². The van der Waals surface area contributed by atoms with Gasteiger partial charge in [0, 0.05) is 44.1 Å². The second-order valence-corrected chi connectivity index (χ2v) is 7.80. The van der Waals surface area contributed by atoms with Gasteiger partial charge in [0.2, 0.25) is 11.8 Å². The Morgan fingerprint density at radius 2 is 1.72 bits per heavy atom. The number of hydrogen-bond acceptors (Lipinski definition) is 3. The second kappa shape index (κ2) is 6.79. The molecular formula is C20H27N3O2. The minimum Gasteiger partial charge on any atom is -0.354 e. The Labute approximate surface area is 149 Å². The highest BCUT2D eigenvalue weighted by atomic mass is 16.2. The van der Waals surface area contributed by atoms with E-state index in [1.807, 2.05) is 11.0 Å². The van der Waals surface area contributed by atoms with Crippen molar-refractivity contribution in [3.05, 3.63) is 35.9 Å². The molecule has 1 saturated heterocycles. The molecule has 1 aliphatic heterocycles. The summed E-state index contributed by atoms with van der Waals surface area (Å²) in [4.78, 5) is 28.5.